The molecule has 7 heteroatoms. The summed E-state index contributed by atoms with van der Waals surface area (Å²) in [5, 5.41) is 4.20. The lowest BCUT2D eigenvalue weighted by atomic mass is 10.00. The van der Waals surface area contributed by atoms with Crippen LogP contribution in [-0.4, -0.2) is 28.9 Å². The quantitative estimate of drug-likeness (QED) is 0.524. The highest BCUT2D eigenvalue weighted by Gasteiger charge is 2.43. The van der Waals surface area contributed by atoms with Crippen LogP contribution in [0.4, 0.5) is 5.69 Å². The van der Waals surface area contributed by atoms with Gasteiger partial charge in [0.2, 0.25) is 0 Å². The Morgan fingerprint density at radius 1 is 1.03 bits per heavy atom. The Labute approximate surface area is 194 Å². The lowest BCUT2D eigenvalue weighted by Gasteiger charge is -2.31. The number of nitrogens with one attached hydrogen (secondary N) is 1. The van der Waals surface area contributed by atoms with Crippen molar-refractivity contribution in [2.45, 2.75) is 43.8 Å². The molecule has 0 amide bonds. The summed E-state index contributed by atoms with van der Waals surface area (Å²) in [5.41, 5.74) is 3.07. The summed E-state index contributed by atoms with van der Waals surface area (Å²) in [6.45, 7) is 0. The van der Waals surface area contributed by atoms with Gasteiger partial charge in [-0.3, -0.25) is 4.98 Å². The molecule has 5 rings (SSSR count). The van der Waals surface area contributed by atoms with Gasteiger partial charge in [-0.15, -0.1) is 0 Å². The van der Waals surface area contributed by atoms with E-state index in [9.17, 15) is 0 Å². The van der Waals surface area contributed by atoms with Crippen molar-refractivity contribution in [2.75, 3.05) is 19.1 Å². The fraction of sp³-hybridized carbons (Fsp3) is 0.360. The Morgan fingerprint density at radius 2 is 1.88 bits per heavy atom. The lowest BCUT2D eigenvalue weighted by Crippen LogP contribution is -2.31. The van der Waals surface area contributed by atoms with Gasteiger partial charge in [-0.25, -0.2) is 0 Å². The molecular formula is C25H28N4O2S. The Kier molecular flexibility index (Phi) is 5.74. The van der Waals surface area contributed by atoms with Gasteiger partial charge in [0.05, 0.1) is 31.6 Å². The molecule has 166 valence electrons. The van der Waals surface area contributed by atoms with Crippen LogP contribution in [0.15, 0.2) is 60.9 Å². The first-order valence-electron chi connectivity index (χ1n) is 11.1. The van der Waals surface area contributed by atoms with Crippen LogP contribution in [0.5, 0.6) is 11.5 Å². The summed E-state index contributed by atoms with van der Waals surface area (Å²) >= 11 is 5.90. The number of thiocarbonyl (C=S) groups is 1. The third-order valence-corrected chi connectivity index (χ3v) is 6.89. The van der Waals surface area contributed by atoms with Gasteiger partial charge in [-0.05, 0) is 61.5 Å². The van der Waals surface area contributed by atoms with Crippen LogP contribution in [0.2, 0.25) is 0 Å². The van der Waals surface area contributed by atoms with Gasteiger partial charge in [0, 0.05) is 30.2 Å². The minimum Gasteiger partial charge on any atom is -0.497 e. The molecule has 1 saturated carbocycles. The van der Waals surface area contributed by atoms with Crippen molar-refractivity contribution in [3.05, 3.63) is 72.3 Å². The predicted molar refractivity (Wildman–Crippen MR) is 129 cm³/mol. The molecule has 0 unspecified atom stereocenters. The predicted octanol–water partition coefficient (Wildman–Crippen LogP) is 5.19. The third kappa shape index (κ3) is 3.60. The first-order valence-corrected chi connectivity index (χ1v) is 11.5. The molecule has 0 radical (unpaired) electrons. The van der Waals surface area contributed by atoms with E-state index in [1.165, 1.54) is 31.4 Å². The zero-order chi connectivity index (χ0) is 22.1. The zero-order valence-corrected chi connectivity index (χ0v) is 19.2. The first-order chi connectivity index (χ1) is 15.7. The van der Waals surface area contributed by atoms with E-state index in [4.69, 9.17) is 21.7 Å². The summed E-state index contributed by atoms with van der Waals surface area (Å²) in [6.07, 6.45) is 9.03. The van der Waals surface area contributed by atoms with E-state index in [1.54, 1.807) is 14.2 Å². The summed E-state index contributed by atoms with van der Waals surface area (Å²) in [7, 11) is 3.36. The first kappa shape index (κ1) is 20.8. The van der Waals surface area contributed by atoms with Gasteiger partial charge in [0.15, 0.2) is 5.11 Å². The van der Waals surface area contributed by atoms with Gasteiger partial charge >= 0.3 is 0 Å². The fourth-order valence-electron chi connectivity index (χ4n) is 5.07. The fourth-order valence-corrected chi connectivity index (χ4v) is 5.41. The molecule has 2 aliphatic rings. The van der Waals surface area contributed by atoms with E-state index >= 15 is 0 Å². The van der Waals surface area contributed by atoms with Crippen LogP contribution in [-0.2, 0) is 0 Å². The van der Waals surface area contributed by atoms with E-state index in [-0.39, 0.29) is 12.1 Å². The van der Waals surface area contributed by atoms with E-state index in [0.717, 1.165) is 22.9 Å². The van der Waals surface area contributed by atoms with Crippen molar-refractivity contribution in [3.8, 4) is 11.5 Å². The summed E-state index contributed by atoms with van der Waals surface area (Å²) in [4.78, 5) is 6.84. The Bertz CT molecular complexity index is 1090. The molecule has 6 nitrogen and oxygen atoms in total. The lowest BCUT2D eigenvalue weighted by molar-refractivity contribution is 0.402. The highest BCUT2D eigenvalue weighted by Crippen LogP contribution is 2.46. The topological polar surface area (TPSA) is 51.6 Å². The number of anilines is 1. The van der Waals surface area contributed by atoms with Crippen LogP contribution in [0.3, 0.4) is 0 Å². The molecule has 3 heterocycles. The number of pyridine rings is 1. The largest absolute Gasteiger partial charge is 0.497 e. The van der Waals surface area contributed by atoms with Crippen molar-refractivity contribution in [1.82, 2.24) is 14.9 Å². The Morgan fingerprint density at radius 3 is 2.59 bits per heavy atom. The maximum absolute atomic E-state index is 5.90. The van der Waals surface area contributed by atoms with Crippen molar-refractivity contribution in [2.24, 2.45) is 0 Å². The van der Waals surface area contributed by atoms with Gasteiger partial charge in [0.1, 0.15) is 17.5 Å². The molecule has 2 aromatic heterocycles. The van der Waals surface area contributed by atoms with E-state index in [1.807, 2.05) is 36.5 Å². The second kappa shape index (κ2) is 8.82. The van der Waals surface area contributed by atoms with E-state index < -0.39 is 0 Å². The van der Waals surface area contributed by atoms with E-state index in [2.05, 4.69) is 44.2 Å². The second-order valence-electron chi connectivity index (χ2n) is 8.31. The number of ether oxygens (including phenoxy) is 2. The van der Waals surface area contributed by atoms with Crippen LogP contribution < -0.4 is 19.7 Å². The maximum atomic E-state index is 5.90. The molecule has 2 atom stereocenters. The molecule has 0 spiro atoms. The highest BCUT2D eigenvalue weighted by molar-refractivity contribution is 7.80. The number of hydrogen-bond acceptors (Lipinski definition) is 4. The number of nitrogens with zero attached hydrogens (tertiary/aromatic N) is 3. The average Bonchev–Trinajstić information content (AvgIpc) is 3.58. The van der Waals surface area contributed by atoms with Gasteiger partial charge in [-0.1, -0.05) is 18.9 Å². The molecule has 1 aliphatic heterocycles. The number of methoxy groups -OCH3 is 2. The van der Waals surface area contributed by atoms with Gasteiger partial charge in [0.25, 0.3) is 0 Å². The van der Waals surface area contributed by atoms with Crippen molar-refractivity contribution in [3.63, 3.8) is 0 Å². The molecule has 0 bridgehead atoms. The highest BCUT2D eigenvalue weighted by atomic mass is 32.1. The summed E-state index contributed by atoms with van der Waals surface area (Å²) < 4.78 is 13.7. The van der Waals surface area contributed by atoms with Crippen molar-refractivity contribution in [1.29, 1.82) is 0 Å². The Hall–Kier alpha value is -3.06. The third-order valence-electron chi connectivity index (χ3n) is 6.58. The molecule has 3 aromatic rings. The molecule has 1 N–H and O–H groups in total. The van der Waals surface area contributed by atoms with Crippen molar-refractivity contribution >= 4 is 23.0 Å². The summed E-state index contributed by atoms with van der Waals surface area (Å²) in [5.74, 6) is 1.51. The number of aromatic nitrogens is 2. The smallest absolute Gasteiger partial charge is 0.174 e. The minimum absolute atomic E-state index is 0.0750. The van der Waals surface area contributed by atoms with Crippen molar-refractivity contribution < 1.29 is 9.47 Å². The molecule has 1 aromatic carbocycles. The standard InChI is InChI=1S/C25H28N4O2S/c1-30-18-12-13-22(31-2)21(16-18)29-24(20-11-7-15-28(20)17-8-3-4-9-17)23(27-25(29)32)19-10-5-6-14-26-19/h5-7,10-17,23-24H,3-4,8-9H2,1-2H3,(H,27,32)/t23-,24-/m0/s1. The number of rotatable bonds is 6. The zero-order valence-electron chi connectivity index (χ0n) is 18.4. The Balaban J connectivity index is 1.66. The molecule has 2 fully saturated rings. The molecule has 32 heavy (non-hydrogen) atoms. The molecule has 1 saturated heterocycles. The minimum atomic E-state index is -0.0883. The van der Waals surface area contributed by atoms with Crippen LogP contribution in [0.1, 0.15) is 55.2 Å². The van der Waals surface area contributed by atoms with Gasteiger partial charge in [-0.2, -0.15) is 0 Å². The summed E-state index contributed by atoms with van der Waals surface area (Å²) in [6, 6.07) is 16.6. The molecule has 1 aliphatic carbocycles. The second-order valence-corrected chi connectivity index (χ2v) is 8.70. The monoisotopic (exact) mass is 448 g/mol. The van der Waals surface area contributed by atoms with Crippen LogP contribution >= 0.6 is 12.2 Å². The maximum Gasteiger partial charge on any atom is 0.174 e. The SMILES string of the molecule is COc1ccc(OC)c(N2C(=S)N[C@@H](c3ccccn3)[C@@H]2c2cccn2C2CCCC2)c1. The van der Waals surface area contributed by atoms with Gasteiger partial charge < -0.3 is 24.3 Å². The van der Waals surface area contributed by atoms with E-state index in [0.29, 0.717) is 11.2 Å². The normalized spacial score (nSPS) is 21.1. The number of hydrogen-bond donors (Lipinski definition) is 1. The average molecular weight is 449 g/mol. The van der Waals surface area contributed by atoms with Crippen LogP contribution in [0.25, 0.3) is 0 Å². The number of benzene rings is 1. The van der Waals surface area contributed by atoms with Crippen LogP contribution in [0, 0.1) is 0 Å². The molecular weight excluding hydrogens is 420 g/mol.